The molecule has 2 nitrogen and oxygen atoms in total. The fourth-order valence-electron chi connectivity index (χ4n) is 9.58. The SMILES string of the molecule is CCc1c(C2=CC(C3=CC(c4cccc(N5c6ccccc6C6C=CCCC65)c4)=CCC3)=CCC2)nc2c(ccc3ccccc32)c1-c1ccccc1. The van der Waals surface area contributed by atoms with Gasteiger partial charge in [0.15, 0.2) is 0 Å². The minimum absolute atomic E-state index is 0.469. The zero-order chi connectivity index (χ0) is 35.3. The molecular formula is C51H44N2. The van der Waals surface area contributed by atoms with E-state index in [2.05, 4.69) is 164 Å². The number of para-hydroxylation sites is 1. The standard InChI is InChI=1S/C51H44N2/c1-2-42-49(35-16-4-3-5-17-35)46-30-29-34-15-6-7-24-43(34)51(46)52-50(42)40-22-13-20-38(32-40)36-18-12-19-37(31-36)39-21-14-23-41(33-39)53-47-27-10-8-25-44(47)45-26-9-11-28-48(45)53/h3-10,14-17,19-21,23-27,29-33,45,48H,2,11-13,18,22,28H2,1H3. The Hall–Kier alpha value is -5.73. The highest BCUT2D eigenvalue weighted by atomic mass is 15.2. The highest BCUT2D eigenvalue weighted by Crippen LogP contribution is 2.49. The highest BCUT2D eigenvalue weighted by molar-refractivity contribution is 6.11. The van der Waals surface area contributed by atoms with Crippen LogP contribution in [0.15, 0.2) is 163 Å². The molecule has 2 heteroatoms. The minimum Gasteiger partial charge on any atom is -0.337 e. The van der Waals surface area contributed by atoms with E-state index in [1.807, 2.05) is 0 Å². The van der Waals surface area contributed by atoms with Crippen molar-refractivity contribution in [2.24, 2.45) is 0 Å². The normalized spacial score (nSPS) is 19.4. The van der Waals surface area contributed by atoms with Gasteiger partial charge in [-0.2, -0.15) is 0 Å². The lowest BCUT2D eigenvalue weighted by Crippen LogP contribution is -2.30. The number of anilines is 2. The molecule has 0 bridgehead atoms. The van der Waals surface area contributed by atoms with Crippen LogP contribution in [0.1, 0.15) is 73.8 Å². The molecule has 2 heterocycles. The Morgan fingerprint density at radius 1 is 0.679 bits per heavy atom. The maximum absolute atomic E-state index is 5.58. The molecule has 10 rings (SSSR count). The van der Waals surface area contributed by atoms with E-state index in [1.165, 1.54) is 89.8 Å². The summed E-state index contributed by atoms with van der Waals surface area (Å²) in [5.41, 5.74) is 17.1. The zero-order valence-electron chi connectivity index (χ0n) is 30.4. The van der Waals surface area contributed by atoms with Crippen LogP contribution in [-0.2, 0) is 6.42 Å². The summed E-state index contributed by atoms with van der Waals surface area (Å²) >= 11 is 0. The Bertz CT molecular complexity index is 2560. The van der Waals surface area contributed by atoms with Gasteiger partial charge in [-0.1, -0.05) is 134 Å². The Morgan fingerprint density at radius 3 is 2.36 bits per heavy atom. The van der Waals surface area contributed by atoms with Crippen LogP contribution in [-0.4, -0.2) is 11.0 Å². The molecule has 6 aromatic rings. The number of fused-ring (bicyclic) bond motifs is 6. The van der Waals surface area contributed by atoms with E-state index in [0.717, 1.165) is 44.0 Å². The predicted octanol–water partition coefficient (Wildman–Crippen LogP) is 13.5. The molecule has 5 aromatic carbocycles. The average Bonchev–Trinajstić information content (AvgIpc) is 3.58. The third-order valence-electron chi connectivity index (χ3n) is 12.0. The third-order valence-corrected chi connectivity index (χ3v) is 12.0. The van der Waals surface area contributed by atoms with Crippen molar-refractivity contribution >= 4 is 44.2 Å². The first-order chi connectivity index (χ1) is 26.2. The maximum atomic E-state index is 5.58. The summed E-state index contributed by atoms with van der Waals surface area (Å²) in [5, 5.41) is 3.70. The van der Waals surface area contributed by atoms with Crippen LogP contribution < -0.4 is 4.90 Å². The molecule has 0 radical (unpaired) electrons. The van der Waals surface area contributed by atoms with Gasteiger partial charge in [0.2, 0.25) is 0 Å². The molecule has 4 aliphatic rings. The number of hydrogen-bond acceptors (Lipinski definition) is 2. The molecule has 0 saturated carbocycles. The monoisotopic (exact) mass is 684 g/mol. The molecule has 0 amide bonds. The van der Waals surface area contributed by atoms with Gasteiger partial charge in [0.05, 0.1) is 11.2 Å². The van der Waals surface area contributed by atoms with Crippen molar-refractivity contribution in [1.82, 2.24) is 4.98 Å². The predicted molar refractivity (Wildman–Crippen MR) is 225 cm³/mol. The summed E-state index contributed by atoms with van der Waals surface area (Å²) in [7, 11) is 0. The first kappa shape index (κ1) is 32.0. The first-order valence-electron chi connectivity index (χ1n) is 19.6. The second-order valence-corrected chi connectivity index (χ2v) is 15.0. The largest absolute Gasteiger partial charge is 0.337 e. The fourth-order valence-corrected chi connectivity index (χ4v) is 9.58. The quantitative estimate of drug-likeness (QED) is 0.128. The van der Waals surface area contributed by atoms with Gasteiger partial charge >= 0.3 is 0 Å². The number of benzene rings is 5. The number of pyridine rings is 1. The second kappa shape index (κ2) is 13.4. The van der Waals surface area contributed by atoms with Crippen LogP contribution in [0.5, 0.6) is 0 Å². The summed E-state index contributed by atoms with van der Waals surface area (Å²) in [6.07, 6.45) is 22.1. The van der Waals surface area contributed by atoms with Crippen molar-refractivity contribution in [2.45, 2.75) is 63.8 Å². The lowest BCUT2D eigenvalue weighted by Gasteiger charge is -2.32. The third kappa shape index (κ3) is 5.51. The van der Waals surface area contributed by atoms with E-state index in [9.17, 15) is 0 Å². The topological polar surface area (TPSA) is 16.1 Å². The summed E-state index contributed by atoms with van der Waals surface area (Å²) in [6.45, 7) is 2.29. The number of rotatable bonds is 6. The Morgan fingerprint density at radius 2 is 1.45 bits per heavy atom. The van der Waals surface area contributed by atoms with E-state index in [1.54, 1.807) is 0 Å². The average molecular weight is 685 g/mol. The molecule has 1 aliphatic heterocycles. The molecule has 3 aliphatic carbocycles. The van der Waals surface area contributed by atoms with Crippen molar-refractivity contribution in [1.29, 1.82) is 0 Å². The van der Waals surface area contributed by atoms with Gasteiger partial charge in [0, 0.05) is 34.1 Å². The second-order valence-electron chi connectivity index (χ2n) is 15.0. The molecule has 258 valence electrons. The van der Waals surface area contributed by atoms with Gasteiger partial charge in [-0.05, 0) is 125 Å². The molecule has 2 unspecified atom stereocenters. The highest BCUT2D eigenvalue weighted by Gasteiger charge is 2.38. The molecule has 0 N–H and O–H groups in total. The first-order valence-corrected chi connectivity index (χ1v) is 19.6. The van der Waals surface area contributed by atoms with E-state index >= 15 is 0 Å². The maximum Gasteiger partial charge on any atom is 0.0794 e. The summed E-state index contributed by atoms with van der Waals surface area (Å²) in [5.74, 6) is 0.469. The smallest absolute Gasteiger partial charge is 0.0794 e. The summed E-state index contributed by atoms with van der Waals surface area (Å²) in [4.78, 5) is 8.20. The van der Waals surface area contributed by atoms with Crippen LogP contribution in [0.4, 0.5) is 11.4 Å². The molecule has 2 atom stereocenters. The van der Waals surface area contributed by atoms with Crippen molar-refractivity contribution in [3.05, 3.63) is 185 Å². The van der Waals surface area contributed by atoms with Crippen molar-refractivity contribution < 1.29 is 0 Å². The molecule has 53 heavy (non-hydrogen) atoms. The van der Waals surface area contributed by atoms with Gasteiger partial charge in [0.1, 0.15) is 0 Å². The van der Waals surface area contributed by atoms with Crippen LogP contribution in [0.2, 0.25) is 0 Å². The number of allylic oxidation sites excluding steroid dienone is 9. The van der Waals surface area contributed by atoms with Gasteiger partial charge in [-0.25, -0.2) is 4.98 Å². The van der Waals surface area contributed by atoms with E-state index in [4.69, 9.17) is 4.98 Å². The van der Waals surface area contributed by atoms with Crippen molar-refractivity contribution in [3.63, 3.8) is 0 Å². The molecular weight excluding hydrogens is 641 g/mol. The zero-order valence-corrected chi connectivity index (χ0v) is 30.4. The summed E-state index contributed by atoms with van der Waals surface area (Å²) < 4.78 is 0. The van der Waals surface area contributed by atoms with Crippen molar-refractivity contribution in [3.8, 4) is 11.1 Å². The number of aromatic nitrogens is 1. The van der Waals surface area contributed by atoms with Crippen LogP contribution >= 0.6 is 0 Å². The number of hydrogen-bond donors (Lipinski definition) is 0. The van der Waals surface area contributed by atoms with E-state index in [-0.39, 0.29) is 0 Å². The molecule has 0 saturated heterocycles. The van der Waals surface area contributed by atoms with Crippen LogP contribution in [0.3, 0.4) is 0 Å². The van der Waals surface area contributed by atoms with E-state index < -0.39 is 0 Å². The number of nitrogens with zero attached hydrogens (tertiary/aromatic N) is 2. The van der Waals surface area contributed by atoms with Crippen LogP contribution in [0.25, 0.3) is 43.9 Å². The fraction of sp³-hybridized carbons (Fsp3) is 0.196. The lowest BCUT2D eigenvalue weighted by atomic mass is 9.84. The Balaban J connectivity index is 1.03. The lowest BCUT2D eigenvalue weighted by molar-refractivity contribution is 0.565. The van der Waals surface area contributed by atoms with Gasteiger partial charge in [0.25, 0.3) is 0 Å². The van der Waals surface area contributed by atoms with Gasteiger partial charge in [-0.15, -0.1) is 0 Å². The van der Waals surface area contributed by atoms with Crippen molar-refractivity contribution in [2.75, 3.05) is 4.90 Å². The molecule has 0 spiro atoms. The molecule has 1 aromatic heterocycles. The van der Waals surface area contributed by atoms with E-state index in [0.29, 0.717) is 12.0 Å². The summed E-state index contributed by atoms with van der Waals surface area (Å²) in [6, 6.07) is 43.0. The van der Waals surface area contributed by atoms with Gasteiger partial charge in [-0.3, -0.25) is 0 Å². The molecule has 0 fully saturated rings. The van der Waals surface area contributed by atoms with Crippen LogP contribution in [0, 0.1) is 0 Å². The van der Waals surface area contributed by atoms with Gasteiger partial charge < -0.3 is 4.90 Å². The Labute approximate surface area is 313 Å². The Kier molecular flexibility index (Phi) is 8.05. The minimum atomic E-state index is 0.469.